The summed E-state index contributed by atoms with van der Waals surface area (Å²) in [5.74, 6) is -1.09. The number of carboxylic acids is 1. The molecule has 0 aromatic carbocycles. The summed E-state index contributed by atoms with van der Waals surface area (Å²) in [6, 6.07) is 0. The molecule has 1 rings (SSSR count). The van der Waals surface area contributed by atoms with Crippen LogP contribution in [-0.4, -0.2) is 42.3 Å². The molecule has 1 aromatic rings. The molecule has 1 aromatic heterocycles. The van der Waals surface area contributed by atoms with E-state index < -0.39 is 26.8 Å². The highest BCUT2D eigenvalue weighted by Gasteiger charge is 2.26. The second kappa shape index (κ2) is 5.91. The maximum absolute atomic E-state index is 12.0. The summed E-state index contributed by atoms with van der Waals surface area (Å²) >= 11 is 0.872. The summed E-state index contributed by atoms with van der Waals surface area (Å²) in [5, 5.41) is 10.4. The van der Waals surface area contributed by atoms with Crippen LogP contribution in [-0.2, 0) is 20.8 Å². The van der Waals surface area contributed by atoms with Gasteiger partial charge in [0.2, 0.25) is 10.0 Å². The molecule has 0 aliphatic carbocycles. The Morgan fingerprint density at radius 2 is 2.17 bits per heavy atom. The summed E-state index contributed by atoms with van der Waals surface area (Å²) in [5.41, 5.74) is 0.391. The molecule has 102 valence electrons. The Hall–Kier alpha value is -0.770. The number of sulfonamides is 1. The number of carbonyl (C=O) groups is 1. The Bertz CT molecular complexity index is 575. The summed E-state index contributed by atoms with van der Waals surface area (Å²) in [6.45, 7) is 1.55. The first kappa shape index (κ1) is 15.3. The van der Waals surface area contributed by atoms with Crippen molar-refractivity contribution in [2.45, 2.75) is 11.8 Å². The lowest BCUT2D eigenvalue weighted by atomic mass is 10.3. The molecule has 0 fully saturated rings. The third kappa shape index (κ3) is 3.61. The number of thiophene rings is 1. The molecule has 2 N–H and O–H groups in total. The highest BCUT2D eigenvalue weighted by Crippen LogP contribution is 2.26. The Morgan fingerprint density at radius 1 is 1.56 bits per heavy atom. The Labute approximate surface area is 112 Å². The Kier molecular flexibility index (Phi) is 5.02. The van der Waals surface area contributed by atoms with Gasteiger partial charge in [-0.05, 0) is 17.9 Å². The number of rotatable bonds is 6. The summed E-state index contributed by atoms with van der Waals surface area (Å²) < 4.78 is 37.0. The van der Waals surface area contributed by atoms with Crippen molar-refractivity contribution in [2.75, 3.05) is 18.6 Å². The zero-order chi connectivity index (χ0) is 13.9. The first-order valence-corrected chi connectivity index (χ1v) is 8.95. The standard InChI is InChI=1S/C9H13NO5S3/c1-6-5-16-7(9(11)12)8(6)18(14,15)10-3-4-17(2)13/h5,10H,3-4H2,1-2H3,(H,11,12). The maximum atomic E-state index is 12.0. The van der Waals surface area contributed by atoms with Crippen LogP contribution in [0.3, 0.4) is 0 Å². The van der Waals surface area contributed by atoms with E-state index in [1.807, 2.05) is 0 Å². The summed E-state index contributed by atoms with van der Waals surface area (Å²) in [4.78, 5) is 10.5. The van der Waals surface area contributed by atoms with E-state index in [2.05, 4.69) is 4.72 Å². The molecule has 0 saturated heterocycles. The van der Waals surface area contributed by atoms with Gasteiger partial charge in [-0.1, -0.05) is 0 Å². The lowest BCUT2D eigenvalue weighted by molar-refractivity contribution is 0.0698. The number of carboxylic acid groups (broad SMARTS) is 1. The molecule has 0 spiro atoms. The fourth-order valence-corrected chi connectivity index (χ4v) is 4.48. The molecule has 6 nitrogen and oxygen atoms in total. The summed E-state index contributed by atoms with van der Waals surface area (Å²) in [7, 11) is -4.98. The molecule has 1 heterocycles. The molecule has 1 unspecified atom stereocenters. The molecule has 0 saturated carbocycles. The number of hydrogen-bond donors (Lipinski definition) is 2. The number of nitrogens with one attached hydrogen (secondary N) is 1. The van der Waals surface area contributed by atoms with Gasteiger partial charge in [0.1, 0.15) is 9.77 Å². The molecule has 1 atom stereocenters. The van der Waals surface area contributed by atoms with Crippen molar-refractivity contribution in [1.29, 1.82) is 0 Å². The quantitative estimate of drug-likeness (QED) is 0.792. The molecular weight excluding hydrogens is 298 g/mol. The second-order valence-corrected chi connectivity index (χ2v) is 7.70. The van der Waals surface area contributed by atoms with Crippen LogP contribution in [0, 0.1) is 6.92 Å². The third-order valence-corrected chi connectivity index (χ3v) is 5.70. The first-order valence-electron chi connectivity index (χ1n) is 4.86. The van der Waals surface area contributed by atoms with Crippen LogP contribution in [0.4, 0.5) is 0 Å². The topological polar surface area (TPSA) is 101 Å². The average molecular weight is 311 g/mol. The van der Waals surface area contributed by atoms with E-state index in [9.17, 15) is 17.4 Å². The highest BCUT2D eigenvalue weighted by molar-refractivity contribution is 7.90. The van der Waals surface area contributed by atoms with E-state index in [0.717, 1.165) is 11.3 Å². The SMILES string of the molecule is Cc1csc(C(=O)O)c1S(=O)(=O)NCCS(C)=O. The maximum Gasteiger partial charge on any atom is 0.347 e. The van der Waals surface area contributed by atoms with Crippen LogP contribution in [0.5, 0.6) is 0 Å². The fraction of sp³-hybridized carbons (Fsp3) is 0.444. The van der Waals surface area contributed by atoms with Crippen molar-refractivity contribution in [2.24, 2.45) is 0 Å². The van der Waals surface area contributed by atoms with E-state index in [0.29, 0.717) is 5.56 Å². The minimum absolute atomic E-state index is 0.0137. The predicted octanol–water partition coefficient (Wildman–Crippen LogP) is 0.412. The largest absolute Gasteiger partial charge is 0.477 e. The van der Waals surface area contributed by atoms with Crippen LogP contribution < -0.4 is 4.72 Å². The minimum atomic E-state index is -3.87. The van der Waals surface area contributed by atoms with Crippen LogP contribution in [0.2, 0.25) is 0 Å². The number of aromatic carboxylic acids is 1. The van der Waals surface area contributed by atoms with Crippen molar-refractivity contribution in [1.82, 2.24) is 4.72 Å². The molecule has 9 heteroatoms. The van der Waals surface area contributed by atoms with E-state index in [4.69, 9.17) is 5.11 Å². The number of hydrogen-bond acceptors (Lipinski definition) is 5. The van der Waals surface area contributed by atoms with E-state index >= 15 is 0 Å². The van der Waals surface area contributed by atoms with E-state index in [1.54, 1.807) is 0 Å². The van der Waals surface area contributed by atoms with Gasteiger partial charge in [-0.3, -0.25) is 4.21 Å². The van der Waals surface area contributed by atoms with E-state index in [-0.39, 0.29) is 22.1 Å². The van der Waals surface area contributed by atoms with Crippen LogP contribution in [0.25, 0.3) is 0 Å². The van der Waals surface area contributed by atoms with Crippen molar-refractivity contribution in [3.63, 3.8) is 0 Å². The monoisotopic (exact) mass is 311 g/mol. The van der Waals surface area contributed by atoms with Gasteiger partial charge in [0.15, 0.2) is 0 Å². The van der Waals surface area contributed by atoms with Crippen molar-refractivity contribution < 1.29 is 22.5 Å². The zero-order valence-corrected chi connectivity index (χ0v) is 12.2. The lowest BCUT2D eigenvalue weighted by Crippen LogP contribution is -2.29. The fourth-order valence-electron chi connectivity index (χ4n) is 1.31. The van der Waals surface area contributed by atoms with Gasteiger partial charge >= 0.3 is 5.97 Å². The van der Waals surface area contributed by atoms with Gasteiger partial charge in [-0.25, -0.2) is 17.9 Å². The van der Waals surface area contributed by atoms with Crippen molar-refractivity contribution >= 4 is 38.1 Å². The van der Waals surface area contributed by atoms with Gasteiger partial charge < -0.3 is 5.11 Å². The van der Waals surface area contributed by atoms with Gasteiger partial charge in [-0.2, -0.15) is 0 Å². The number of aryl methyl sites for hydroxylation is 1. The second-order valence-electron chi connectivity index (χ2n) is 3.56. The van der Waals surface area contributed by atoms with Gasteiger partial charge in [0.25, 0.3) is 0 Å². The molecule has 0 bridgehead atoms. The lowest BCUT2D eigenvalue weighted by Gasteiger charge is -2.06. The Balaban J connectivity index is 3.01. The summed E-state index contributed by atoms with van der Waals surface area (Å²) in [6.07, 6.45) is 1.47. The first-order chi connectivity index (χ1) is 8.25. The molecule has 18 heavy (non-hydrogen) atoms. The van der Waals surface area contributed by atoms with Gasteiger partial charge in [0, 0.05) is 29.4 Å². The van der Waals surface area contributed by atoms with E-state index in [1.165, 1.54) is 18.6 Å². The molecule has 0 amide bonds. The molecular formula is C9H13NO5S3. The van der Waals surface area contributed by atoms with Crippen molar-refractivity contribution in [3.8, 4) is 0 Å². The van der Waals surface area contributed by atoms with Crippen LogP contribution in [0.15, 0.2) is 10.3 Å². The Morgan fingerprint density at radius 3 is 2.67 bits per heavy atom. The van der Waals surface area contributed by atoms with Crippen molar-refractivity contribution in [3.05, 3.63) is 15.8 Å². The normalized spacial score (nSPS) is 13.4. The molecule has 0 radical (unpaired) electrons. The van der Waals surface area contributed by atoms with Crippen LogP contribution >= 0.6 is 11.3 Å². The highest BCUT2D eigenvalue weighted by atomic mass is 32.2. The third-order valence-electron chi connectivity index (χ3n) is 2.06. The van der Waals surface area contributed by atoms with Gasteiger partial charge in [-0.15, -0.1) is 11.3 Å². The minimum Gasteiger partial charge on any atom is -0.477 e. The van der Waals surface area contributed by atoms with Gasteiger partial charge in [0.05, 0.1) is 0 Å². The molecule has 0 aliphatic heterocycles. The smallest absolute Gasteiger partial charge is 0.347 e. The molecule has 0 aliphatic rings. The average Bonchev–Trinajstić information content (AvgIpc) is 2.59. The van der Waals surface area contributed by atoms with Crippen LogP contribution in [0.1, 0.15) is 15.2 Å². The predicted molar refractivity (Wildman–Crippen MR) is 70.1 cm³/mol. The zero-order valence-electron chi connectivity index (χ0n) is 9.80.